The van der Waals surface area contributed by atoms with Gasteiger partial charge in [-0.2, -0.15) is 13.2 Å². The van der Waals surface area contributed by atoms with Gasteiger partial charge in [0.15, 0.2) is 11.5 Å². The zero-order chi connectivity index (χ0) is 21.2. The zero-order valence-electron chi connectivity index (χ0n) is 16.2. The molecule has 0 radical (unpaired) electrons. The second-order valence-electron chi connectivity index (χ2n) is 7.19. The number of ether oxygens (including phenoxy) is 2. The Morgan fingerprint density at radius 3 is 2.28 bits per heavy atom. The first kappa shape index (κ1) is 21.7. The van der Waals surface area contributed by atoms with E-state index in [1.807, 2.05) is 18.2 Å². The molecule has 1 aliphatic rings. The summed E-state index contributed by atoms with van der Waals surface area (Å²) in [4.78, 5) is 2.15. The monoisotopic (exact) mass is 429 g/mol. The highest BCUT2D eigenvalue weighted by Crippen LogP contribution is 2.40. The third kappa shape index (κ3) is 4.79. The number of rotatable bonds is 5. The molecule has 0 amide bonds. The van der Waals surface area contributed by atoms with Crippen molar-refractivity contribution in [3.63, 3.8) is 0 Å². The van der Waals surface area contributed by atoms with E-state index in [0.29, 0.717) is 44.0 Å². The number of methoxy groups -OCH3 is 2. The van der Waals surface area contributed by atoms with Gasteiger partial charge in [-0.1, -0.05) is 23.7 Å². The number of alkyl halides is 3. The Morgan fingerprint density at radius 2 is 1.69 bits per heavy atom. The van der Waals surface area contributed by atoms with E-state index < -0.39 is 17.3 Å². The van der Waals surface area contributed by atoms with Gasteiger partial charge < -0.3 is 14.6 Å². The molecule has 0 bridgehead atoms. The minimum Gasteiger partial charge on any atom is -0.493 e. The number of nitrogens with zero attached hydrogens (tertiary/aromatic N) is 1. The van der Waals surface area contributed by atoms with Crippen LogP contribution in [0, 0.1) is 0 Å². The van der Waals surface area contributed by atoms with Crippen molar-refractivity contribution in [1.82, 2.24) is 4.90 Å². The van der Waals surface area contributed by atoms with Gasteiger partial charge in [0.25, 0.3) is 0 Å². The van der Waals surface area contributed by atoms with E-state index in [-0.39, 0.29) is 10.6 Å². The molecule has 3 rings (SSSR count). The fourth-order valence-corrected chi connectivity index (χ4v) is 3.86. The molecular formula is C21H23ClF3NO3. The molecule has 29 heavy (non-hydrogen) atoms. The second kappa shape index (κ2) is 8.42. The summed E-state index contributed by atoms with van der Waals surface area (Å²) < 4.78 is 50.0. The molecule has 158 valence electrons. The molecule has 0 spiro atoms. The molecule has 0 aromatic heterocycles. The van der Waals surface area contributed by atoms with Crippen LogP contribution in [0.2, 0.25) is 5.02 Å². The van der Waals surface area contributed by atoms with Gasteiger partial charge in [-0.3, -0.25) is 4.90 Å². The minimum absolute atomic E-state index is 0.250. The Hall–Kier alpha value is -1.96. The average Bonchev–Trinajstić information content (AvgIpc) is 2.69. The minimum atomic E-state index is -4.56. The van der Waals surface area contributed by atoms with Gasteiger partial charge in [-0.05, 0) is 48.2 Å². The topological polar surface area (TPSA) is 41.9 Å². The van der Waals surface area contributed by atoms with Gasteiger partial charge in [0, 0.05) is 19.6 Å². The molecular weight excluding hydrogens is 407 g/mol. The van der Waals surface area contributed by atoms with Gasteiger partial charge in [-0.25, -0.2) is 0 Å². The van der Waals surface area contributed by atoms with E-state index in [1.165, 1.54) is 12.1 Å². The van der Waals surface area contributed by atoms with Crippen LogP contribution in [0.4, 0.5) is 13.2 Å². The van der Waals surface area contributed by atoms with Crippen molar-refractivity contribution in [3.05, 3.63) is 58.1 Å². The highest BCUT2D eigenvalue weighted by atomic mass is 35.5. The third-order valence-electron chi connectivity index (χ3n) is 5.35. The van der Waals surface area contributed by atoms with Crippen LogP contribution in [0.1, 0.15) is 29.5 Å². The lowest BCUT2D eigenvalue weighted by atomic mass is 9.83. The van der Waals surface area contributed by atoms with Crippen molar-refractivity contribution < 1.29 is 27.8 Å². The Morgan fingerprint density at radius 1 is 1.03 bits per heavy atom. The summed E-state index contributed by atoms with van der Waals surface area (Å²) in [5, 5.41) is 10.6. The molecule has 2 aromatic carbocycles. The van der Waals surface area contributed by atoms with Crippen molar-refractivity contribution in [2.75, 3.05) is 27.3 Å². The molecule has 0 unspecified atom stereocenters. The first-order valence-electron chi connectivity index (χ1n) is 9.19. The van der Waals surface area contributed by atoms with E-state index in [9.17, 15) is 18.3 Å². The summed E-state index contributed by atoms with van der Waals surface area (Å²) in [6.45, 7) is 1.74. The van der Waals surface area contributed by atoms with Crippen LogP contribution in [0.15, 0.2) is 36.4 Å². The Labute approximate surface area is 172 Å². The van der Waals surface area contributed by atoms with E-state index >= 15 is 0 Å². The van der Waals surface area contributed by atoms with Crippen molar-refractivity contribution in [3.8, 4) is 11.5 Å². The number of benzene rings is 2. The number of likely N-dealkylation sites (tertiary alicyclic amines) is 1. The predicted octanol–water partition coefficient (Wildman–Crippen LogP) is 4.86. The van der Waals surface area contributed by atoms with Crippen LogP contribution >= 0.6 is 11.6 Å². The molecule has 1 aliphatic heterocycles. The maximum atomic E-state index is 13.1. The van der Waals surface area contributed by atoms with Crippen molar-refractivity contribution >= 4 is 11.6 Å². The molecule has 0 aliphatic carbocycles. The van der Waals surface area contributed by atoms with E-state index in [0.717, 1.165) is 11.6 Å². The van der Waals surface area contributed by atoms with E-state index in [1.54, 1.807) is 14.2 Å². The molecule has 0 atom stereocenters. The molecule has 1 saturated heterocycles. The first-order chi connectivity index (χ1) is 13.7. The summed E-state index contributed by atoms with van der Waals surface area (Å²) >= 11 is 5.70. The quantitative estimate of drug-likeness (QED) is 0.737. The van der Waals surface area contributed by atoms with E-state index in [2.05, 4.69) is 4.90 Å². The van der Waals surface area contributed by atoms with Crippen molar-refractivity contribution in [2.24, 2.45) is 0 Å². The van der Waals surface area contributed by atoms with Gasteiger partial charge in [0.05, 0.1) is 30.4 Å². The fourth-order valence-electron chi connectivity index (χ4n) is 3.64. The van der Waals surface area contributed by atoms with Crippen LogP contribution in [0.5, 0.6) is 11.5 Å². The smallest absolute Gasteiger partial charge is 0.417 e. The molecule has 1 N–H and O–H groups in total. The molecule has 1 fully saturated rings. The number of hydrogen-bond donors (Lipinski definition) is 1. The number of halogens is 4. The van der Waals surface area contributed by atoms with Gasteiger partial charge in [0.2, 0.25) is 0 Å². The first-order valence-corrected chi connectivity index (χ1v) is 9.57. The Bertz CT molecular complexity index is 865. The summed E-state index contributed by atoms with van der Waals surface area (Å²) in [7, 11) is 3.15. The van der Waals surface area contributed by atoms with Gasteiger partial charge >= 0.3 is 6.18 Å². The lowest BCUT2D eigenvalue weighted by Gasteiger charge is -2.39. The zero-order valence-corrected chi connectivity index (χ0v) is 17.0. The standard InChI is InChI=1S/C21H23ClF3NO3/c1-28-18-6-3-14(11-19(18)29-2)13-26-9-7-20(27,8-10-26)15-4-5-17(22)16(12-15)21(23,24)25/h3-6,11-12,27H,7-10,13H2,1-2H3. The average molecular weight is 430 g/mol. The third-order valence-corrected chi connectivity index (χ3v) is 5.68. The summed E-state index contributed by atoms with van der Waals surface area (Å²) in [5.41, 5.74) is -0.949. The van der Waals surface area contributed by atoms with Crippen LogP contribution in [-0.2, 0) is 18.3 Å². The molecule has 0 saturated carbocycles. The van der Waals surface area contributed by atoms with Crippen LogP contribution in [0.25, 0.3) is 0 Å². The SMILES string of the molecule is COc1ccc(CN2CCC(O)(c3ccc(Cl)c(C(F)(F)F)c3)CC2)cc1OC. The molecule has 1 heterocycles. The highest BCUT2D eigenvalue weighted by molar-refractivity contribution is 6.31. The normalized spacial score (nSPS) is 17.2. The Kier molecular flexibility index (Phi) is 6.31. The van der Waals surface area contributed by atoms with Gasteiger partial charge in [-0.15, -0.1) is 0 Å². The lowest BCUT2D eigenvalue weighted by molar-refractivity contribution is -0.137. The lowest BCUT2D eigenvalue weighted by Crippen LogP contribution is -2.42. The fraction of sp³-hybridized carbons (Fsp3) is 0.429. The number of aliphatic hydroxyl groups is 1. The number of piperidine rings is 1. The van der Waals surface area contributed by atoms with Crippen LogP contribution in [0.3, 0.4) is 0 Å². The summed E-state index contributed by atoms with van der Waals surface area (Å²) in [5.74, 6) is 1.28. The van der Waals surface area contributed by atoms with Crippen LogP contribution < -0.4 is 9.47 Å². The maximum Gasteiger partial charge on any atom is 0.417 e. The Balaban J connectivity index is 1.70. The van der Waals surface area contributed by atoms with Gasteiger partial charge in [0.1, 0.15) is 0 Å². The molecule has 2 aromatic rings. The predicted molar refractivity (Wildman–Crippen MR) is 104 cm³/mol. The van der Waals surface area contributed by atoms with E-state index in [4.69, 9.17) is 21.1 Å². The molecule has 8 heteroatoms. The summed E-state index contributed by atoms with van der Waals surface area (Å²) in [6.07, 6.45) is -3.89. The van der Waals surface area contributed by atoms with Crippen molar-refractivity contribution in [1.29, 1.82) is 0 Å². The maximum absolute atomic E-state index is 13.1. The highest BCUT2D eigenvalue weighted by Gasteiger charge is 2.38. The number of hydrogen-bond acceptors (Lipinski definition) is 4. The second-order valence-corrected chi connectivity index (χ2v) is 7.60. The summed E-state index contributed by atoms with van der Waals surface area (Å²) in [6, 6.07) is 9.31. The largest absolute Gasteiger partial charge is 0.493 e. The molecule has 4 nitrogen and oxygen atoms in total. The van der Waals surface area contributed by atoms with Crippen LogP contribution in [-0.4, -0.2) is 37.3 Å². The van der Waals surface area contributed by atoms with Crippen molar-refractivity contribution in [2.45, 2.75) is 31.2 Å².